The molecule has 1 N–H and O–H groups in total. The van der Waals surface area contributed by atoms with Crippen LogP contribution in [0.4, 0.5) is 10.2 Å². The summed E-state index contributed by atoms with van der Waals surface area (Å²) in [7, 11) is 1.27. The van der Waals surface area contributed by atoms with Crippen LogP contribution in [0.25, 0.3) is 0 Å². The van der Waals surface area contributed by atoms with E-state index in [-0.39, 0.29) is 30.5 Å². The van der Waals surface area contributed by atoms with E-state index >= 15 is 0 Å². The molecule has 0 bridgehead atoms. The van der Waals surface area contributed by atoms with Gasteiger partial charge in [0.2, 0.25) is 0 Å². The van der Waals surface area contributed by atoms with Crippen molar-refractivity contribution in [2.24, 2.45) is 0 Å². The molecular formula is C14H17FN2O5. The number of aromatic nitrogens is 1. The number of carbonyl (C=O) groups is 2. The molecule has 0 radical (unpaired) electrons. The summed E-state index contributed by atoms with van der Waals surface area (Å²) in [6.45, 7) is 3.44. The lowest BCUT2D eigenvalue weighted by molar-refractivity contribution is -0.146. The van der Waals surface area contributed by atoms with Gasteiger partial charge in [-0.2, -0.15) is 4.98 Å². The van der Waals surface area contributed by atoms with Gasteiger partial charge in [0.05, 0.1) is 20.3 Å². The number of rotatable bonds is 7. The summed E-state index contributed by atoms with van der Waals surface area (Å²) in [4.78, 5) is 27.3. The van der Waals surface area contributed by atoms with Gasteiger partial charge in [-0.25, -0.2) is 14.0 Å². The summed E-state index contributed by atoms with van der Waals surface area (Å²) in [5, 5.41) is 2.60. The Morgan fingerprint density at radius 3 is 2.32 bits per heavy atom. The van der Waals surface area contributed by atoms with Gasteiger partial charge in [0, 0.05) is 6.20 Å². The Balaban J connectivity index is 2.97. The number of methoxy groups -OCH3 is 1. The summed E-state index contributed by atoms with van der Waals surface area (Å²) >= 11 is 0. The average Bonchev–Trinajstić information content (AvgIpc) is 2.49. The quantitative estimate of drug-likeness (QED) is 0.354. The third-order valence-electron chi connectivity index (χ3n) is 2.36. The van der Waals surface area contributed by atoms with Crippen molar-refractivity contribution in [3.05, 3.63) is 29.7 Å². The lowest BCUT2D eigenvalue weighted by atomic mass is 10.3. The van der Waals surface area contributed by atoms with E-state index in [0.29, 0.717) is 0 Å². The first-order valence-electron chi connectivity index (χ1n) is 6.54. The van der Waals surface area contributed by atoms with Crippen LogP contribution in [0.1, 0.15) is 13.8 Å². The van der Waals surface area contributed by atoms with Crippen LogP contribution in [-0.2, 0) is 19.1 Å². The molecule has 7 nitrogen and oxygen atoms in total. The molecule has 8 heteroatoms. The number of esters is 2. The van der Waals surface area contributed by atoms with Crippen LogP contribution in [-0.4, -0.2) is 37.2 Å². The van der Waals surface area contributed by atoms with Crippen molar-refractivity contribution in [1.82, 2.24) is 4.98 Å². The molecule has 0 atom stereocenters. The van der Waals surface area contributed by atoms with Crippen LogP contribution in [0.3, 0.4) is 0 Å². The number of hydrogen-bond donors (Lipinski definition) is 1. The molecule has 0 amide bonds. The van der Waals surface area contributed by atoms with Gasteiger partial charge in [-0.1, -0.05) is 0 Å². The van der Waals surface area contributed by atoms with Gasteiger partial charge in [-0.15, -0.1) is 0 Å². The summed E-state index contributed by atoms with van der Waals surface area (Å²) < 4.78 is 27.5. The van der Waals surface area contributed by atoms with Gasteiger partial charge in [-0.05, 0) is 26.0 Å². The van der Waals surface area contributed by atoms with Gasteiger partial charge in [-0.3, -0.25) is 0 Å². The Kier molecular flexibility index (Phi) is 6.81. The minimum atomic E-state index is -0.831. The summed E-state index contributed by atoms with van der Waals surface area (Å²) in [5.41, 5.74) is -0.325. The molecular weight excluding hydrogens is 295 g/mol. The fourth-order valence-electron chi connectivity index (χ4n) is 1.41. The Hall–Kier alpha value is -2.64. The molecule has 0 fully saturated rings. The highest BCUT2D eigenvalue weighted by atomic mass is 19.1. The maximum Gasteiger partial charge on any atom is 0.347 e. The summed E-state index contributed by atoms with van der Waals surface area (Å²) in [6, 6.07) is 2.46. The topological polar surface area (TPSA) is 86.8 Å². The number of ether oxygens (including phenoxy) is 3. The van der Waals surface area contributed by atoms with Gasteiger partial charge in [0.15, 0.2) is 11.4 Å². The molecule has 0 aromatic carbocycles. The molecule has 0 spiro atoms. The molecule has 0 aliphatic rings. The molecule has 0 aliphatic carbocycles. The number of halogens is 1. The average molecular weight is 312 g/mol. The number of anilines is 1. The van der Waals surface area contributed by atoms with E-state index in [1.54, 1.807) is 13.8 Å². The number of carbonyl (C=O) groups excluding carboxylic acids is 2. The Labute approximate surface area is 127 Å². The second-order valence-corrected chi connectivity index (χ2v) is 3.83. The molecule has 0 saturated heterocycles. The first-order valence-corrected chi connectivity index (χ1v) is 6.54. The fourth-order valence-corrected chi connectivity index (χ4v) is 1.41. The lowest BCUT2D eigenvalue weighted by Crippen LogP contribution is -2.19. The van der Waals surface area contributed by atoms with Crippen molar-refractivity contribution in [2.75, 3.05) is 25.6 Å². The molecule has 0 unspecified atom stereocenters. The monoisotopic (exact) mass is 312 g/mol. The molecule has 1 aromatic heterocycles. The molecule has 22 heavy (non-hydrogen) atoms. The normalized spacial score (nSPS) is 9.64. The van der Waals surface area contributed by atoms with Crippen molar-refractivity contribution in [1.29, 1.82) is 0 Å². The van der Waals surface area contributed by atoms with E-state index in [9.17, 15) is 14.0 Å². The predicted molar refractivity (Wildman–Crippen MR) is 75.7 cm³/mol. The van der Waals surface area contributed by atoms with Crippen LogP contribution in [0.5, 0.6) is 5.88 Å². The maximum absolute atomic E-state index is 13.2. The van der Waals surface area contributed by atoms with Gasteiger partial charge < -0.3 is 19.5 Å². The lowest BCUT2D eigenvalue weighted by Gasteiger charge is -2.08. The number of hydrogen-bond acceptors (Lipinski definition) is 7. The van der Waals surface area contributed by atoms with Crippen molar-refractivity contribution in [2.45, 2.75) is 13.8 Å². The summed E-state index contributed by atoms with van der Waals surface area (Å²) in [6.07, 6.45) is 1.09. The highest BCUT2D eigenvalue weighted by Gasteiger charge is 2.21. The number of nitrogens with one attached hydrogen (secondary N) is 1. The molecule has 120 valence electrons. The van der Waals surface area contributed by atoms with Crippen LogP contribution in [0.2, 0.25) is 0 Å². The first kappa shape index (κ1) is 17.4. The van der Waals surface area contributed by atoms with E-state index in [0.717, 1.165) is 12.3 Å². The van der Waals surface area contributed by atoms with Crippen LogP contribution >= 0.6 is 0 Å². The highest BCUT2D eigenvalue weighted by Crippen LogP contribution is 2.16. The van der Waals surface area contributed by atoms with E-state index < -0.39 is 17.8 Å². The van der Waals surface area contributed by atoms with Gasteiger partial charge in [0.1, 0.15) is 5.82 Å². The van der Waals surface area contributed by atoms with Crippen LogP contribution in [0.15, 0.2) is 23.9 Å². The smallest absolute Gasteiger partial charge is 0.347 e. The second-order valence-electron chi connectivity index (χ2n) is 3.83. The van der Waals surface area contributed by atoms with Crippen LogP contribution in [0, 0.1) is 5.82 Å². The standard InChI is InChI=1S/C14H17FN2O5/c1-4-21-13(18)9(14(19)22-5-2)8-16-11-7-6-10(15)12(17-11)20-3/h6-8H,4-5H2,1-3H3,(H,16,17). The minimum absolute atomic E-state index is 0.109. The van der Waals surface area contributed by atoms with Gasteiger partial charge >= 0.3 is 11.9 Å². The Morgan fingerprint density at radius 1 is 1.23 bits per heavy atom. The zero-order chi connectivity index (χ0) is 16.5. The first-order chi connectivity index (χ1) is 10.5. The zero-order valence-electron chi connectivity index (χ0n) is 12.5. The number of nitrogens with zero attached hydrogens (tertiary/aromatic N) is 1. The Bertz CT molecular complexity index is 554. The van der Waals surface area contributed by atoms with Crippen molar-refractivity contribution >= 4 is 17.8 Å². The predicted octanol–water partition coefficient (Wildman–Crippen LogP) is 1.65. The summed E-state index contributed by atoms with van der Waals surface area (Å²) in [5.74, 6) is -2.32. The SMILES string of the molecule is CCOC(=O)C(=CNc1ccc(F)c(OC)n1)C(=O)OCC. The van der Waals surface area contributed by atoms with E-state index in [4.69, 9.17) is 14.2 Å². The van der Waals surface area contributed by atoms with Crippen molar-refractivity contribution in [3.63, 3.8) is 0 Å². The van der Waals surface area contributed by atoms with E-state index in [1.807, 2.05) is 0 Å². The third-order valence-corrected chi connectivity index (χ3v) is 2.36. The largest absolute Gasteiger partial charge is 0.479 e. The van der Waals surface area contributed by atoms with E-state index in [2.05, 4.69) is 10.3 Å². The van der Waals surface area contributed by atoms with Crippen molar-refractivity contribution in [3.8, 4) is 5.88 Å². The van der Waals surface area contributed by atoms with Crippen molar-refractivity contribution < 1.29 is 28.2 Å². The molecule has 0 saturated carbocycles. The Morgan fingerprint density at radius 2 is 1.82 bits per heavy atom. The van der Waals surface area contributed by atoms with E-state index in [1.165, 1.54) is 13.2 Å². The van der Waals surface area contributed by atoms with Gasteiger partial charge in [0.25, 0.3) is 5.88 Å². The minimum Gasteiger partial charge on any atom is -0.479 e. The number of pyridine rings is 1. The zero-order valence-corrected chi connectivity index (χ0v) is 12.5. The fraction of sp³-hybridized carbons (Fsp3) is 0.357. The second kappa shape index (κ2) is 8.60. The molecule has 1 aromatic rings. The third kappa shape index (κ3) is 4.72. The molecule has 1 heterocycles. The maximum atomic E-state index is 13.2. The molecule has 1 rings (SSSR count). The highest BCUT2D eigenvalue weighted by molar-refractivity contribution is 6.14. The van der Waals surface area contributed by atoms with Crippen LogP contribution < -0.4 is 10.1 Å². The molecule has 0 aliphatic heterocycles.